The van der Waals surface area contributed by atoms with E-state index in [4.69, 9.17) is 9.52 Å². The van der Waals surface area contributed by atoms with E-state index in [1.165, 1.54) is 0 Å². The maximum absolute atomic E-state index is 8.91. The van der Waals surface area contributed by atoms with Crippen molar-refractivity contribution >= 4 is 0 Å². The van der Waals surface area contributed by atoms with Crippen molar-refractivity contribution in [3.8, 4) is 0 Å². The topological polar surface area (TPSA) is 49.5 Å². The summed E-state index contributed by atoms with van der Waals surface area (Å²) in [6.07, 6.45) is 1.82. The first-order chi connectivity index (χ1) is 7.49. The molecule has 2 rings (SSSR count). The van der Waals surface area contributed by atoms with E-state index in [9.17, 15) is 0 Å². The van der Waals surface area contributed by atoms with Crippen molar-refractivity contribution in [2.75, 3.05) is 19.7 Å². The van der Waals surface area contributed by atoms with Crippen molar-refractivity contribution in [1.82, 2.24) is 9.88 Å². The van der Waals surface area contributed by atoms with Crippen LogP contribution in [-0.2, 0) is 12.0 Å². The van der Waals surface area contributed by atoms with Gasteiger partial charge in [-0.25, -0.2) is 4.98 Å². The minimum atomic E-state index is 0.0217. The summed E-state index contributed by atoms with van der Waals surface area (Å²) in [5.41, 5.74) is 0.0217. The van der Waals surface area contributed by atoms with Gasteiger partial charge in [0.1, 0.15) is 5.76 Å². The van der Waals surface area contributed by atoms with E-state index in [0.29, 0.717) is 5.92 Å². The molecule has 0 spiro atoms. The zero-order chi connectivity index (χ0) is 11.8. The minimum absolute atomic E-state index is 0.0217. The fourth-order valence-corrected chi connectivity index (χ4v) is 1.84. The van der Waals surface area contributed by atoms with Crippen LogP contribution in [0.2, 0.25) is 0 Å². The lowest BCUT2D eigenvalue weighted by atomic mass is 9.94. The molecule has 1 aliphatic rings. The van der Waals surface area contributed by atoms with Gasteiger partial charge in [-0.15, -0.1) is 0 Å². The third-order valence-corrected chi connectivity index (χ3v) is 2.94. The number of hydrogen-bond acceptors (Lipinski definition) is 4. The maximum atomic E-state index is 8.91. The Morgan fingerprint density at radius 3 is 2.69 bits per heavy atom. The molecule has 1 N–H and O–H groups in total. The number of hydrogen-bond donors (Lipinski definition) is 1. The first-order valence-electron chi connectivity index (χ1n) is 5.77. The fraction of sp³-hybridized carbons (Fsp3) is 0.750. The third kappa shape index (κ3) is 2.44. The van der Waals surface area contributed by atoms with E-state index in [0.717, 1.165) is 31.3 Å². The van der Waals surface area contributed by atoms with Crippen LogP contribution in [0.3, 0.4) is 0 Å². The lowest BCUT2D eigenvalue weighted by molar-refractivity contribution is 0.0411. The molecular formula is C12H20N2O2. The summed E-state index contributed by atoms with van der Waals surface area (Å²) in [4.78, 5) is 6.52. The number of rotatable bonds is 3. The van der Waals surface area contributed by atoms with Crippen LogP contribution in [0, 0.1) is 5.92 Å². The maximum Gasteiger partial charge on any atom is 0.208 e. The highest BCUT2D eigenvalue weighted by Gasteiger charge is 2.27. The first kappa shape index (κ1) is 11.6. The van der Waals surface area contributed by atoms with E-state index >= 15 is 0 Å². The Morgan fingerprint density at radius 1 is 1.50 bits per heavy atom. The van der Waals surface area contributed by atoms with Crippen LogP contribution in [-0.4, -0.2) is 34.7 Å². The molecule has 4 nitrogen and oxygen atoms in total. The summed E-state index contributed by atoms with van der Waals surface area (Å²) >= 11 is 0. The molecule has 0 bridgehead atoms. The van der Waals surface area contributed by atoms with Gasteiger partial charge in [0.05, 0.1) is 12.7 Å². The molecule has 0 atom stereocenters. The second-order valence-corrected chi connectivity index (χ2v) is 5.61. The van der Waals surface area contributed by atoms with E-state index < -0.39 is 0 Å². The molecule has 0 aliphatic carbocycles. The summed E-state index contributed by atoms with van der Waals surface area (Å²) in [5, 5.41) is 8.91. The molecule has 0 aromatic carbocycles. The molecule has 1 saturated heterocycles. The van der Waals surface area contributed by atoms with Gasteiger partial charge < -0.3 is 9.52 Å². The van der Waals surface area contributed by atoms with Gasteiger partial charge in [-0.1, -0.05) is 20.8 Å². The fourth-order valence-electron chi connectivity index (χ4n) is 1.84. The predicted octanol–water partition coefficient (Wildman–Crippen LogP) is 1.40. The van der Waals surface area contributed by atoms with E-state index in [2.05, 4.69) is 30.7 Å². The van der Waals surface area contributed by atoms with Crippen molar-refractivity contribution in [2.45, 2.75) is 32.7 Å². The Morgan fingerprint density at radius 2 is 2.19 bits per heavy atom. The standard InChI is InChI=1S/C12H20N2O2/c1-12(2,3)10-4-13-11(16-10)7-14-5-9(6-14)8-15/h4,9,15H,5-8H2,1-3H3. The number of nitrogens with zero attached hydrogens (tertiary/aromatic N) is 2. The molecule has 90 valence electrons. The highest BCUT2D eigenvalue weighted by atomic mass is 16.4. The number of likely N-dealkylation sites (tertiary alicyclic amines) is 1. The molecule has 0 amide bonds. The van der Waals surface area contributed by atoms with Crippen LogP contribution in [0.15, 0.2) is 10.6 Å². The van der Waals surface area contributed by atoms with Gasteiger partial charge in [-0.3, -0.25) is 4.90 Å². The van der Waals surface area contributed by atoms with Gasteiger partial charge in [0.25, 0.3) is 0 Å². The largest absolute Gasteiger partial charge is 0.444 e. The minimum Gasteiger partial charge on any atom is -0.444 e. The van der Waals surface area contributed by atoms with Crippen molar-refractivity contribution < 1.29 is 9.52 Å². The lowest BCUT2D eigenvalue weighted by Gasteiger charge is -2.37. The predicted molar refractivity (Wildman–Crippen MR) is 61.1 cm³/mol. The Hall–Kier alpha value is -0.870. The van der Waals surface area contributed by atoms with E-state index in [1.54, 1.807) is 0 Å². The van der Waals surface area contributed by atoms with Gasteiger partial charge in [-0.2, -0.15) is 0 Å². The van der Waals surface area contributed by atoms with Crippen LogP contribution in [0.25, 0.3) is 0 Å². The second-order valence-electron chi connectivity index (χ2n) is 5.61. The zero-order valence-electron chi connectivity index (χ0n) is 10.2. The zero-order valence-corrected chi connectivity index (χ0v) is 10.2. The molecule has 0 unspecified atom stereocenters. The molecule has 1 fully saturated rings. The van der Waals surface area contributed by atoms with Crippen LogP contribution in [0.4, 0.5) is 0 Å². The molecule has 0 saturated carbocycles. The highest BCUT2D eigenvalue weighted by molar-refractivity contribution is 5.06. The van der Waals surface area contributed by atoms with Gasteiger partial charge in [-0.05, 0) is 0 Å². The molecule has 16 heavy (non-hydrogen) atoms. The Kier molecular flexibility index (Phi) is 3.04. The van der Waals surface area contributed by atoms with Crippen molar-refractivity contribution in [3.63, 3.8) is 0 Å². The summed E-state index contributed by atoms with van der Waals surface area (Å²) < 4.78 is 5.71. The number of aliphatic hydroxyl groups excluding tert-OH is 1. The van der Waals surface area contributed by atoms with Crippen molar-refractivity contribution in [3.05, 3.63) is 17.8 Å². The molecule has 1 aliphatic heterocycles. The summed E-state index contributed by atoms with van der Waals surface area (Å²) in [7, 11) is 0. The molecular weight excluding hydrogens is 204 g/mol. The summed E-state index contributed by atoms with van der Waals surface area (Å²) in [6, 6.07) is 0. The second kappa shape index (κ2) is 4.18. The average Bonchev–Trinajstić information content (AvgIpc) is 2.57. The average molecular weight is 224 g/mol. The normalized spacial score (nSPS) is 18.8. The van der Waals surface area contributed by atoms with Gasteiger partial charge >= 0.3 is 0 Å². The SMILES string of the molecule is CC(C)(C)c1cnc(CN2CC(CO)C2)o1. The first-order valence-corrected chi connectivity index (χ1v) is 5.77. The number of aliphatic hydroxyl groups is 1. The molecule has 1 aromatic heterocycles. The van der Waals surface area contributed by atoms with Gasteiger partial charge in [0.15, 0.2) is 0 Å². The van der Waals surface area contributed by atoms with Crippen LogP contribution in [0.1, 0.15) is 32.4 Å². The van der Waals surface area contributed by atoms with Crippen LogP contribution >= 0.6 is 0 Å². The number of aromatic nitrogens is 1. The van der Waals surface area contributed by atoms with Crippen molar-refractivity contribution in [1.29, 1.82) is 0 Å². The highest BCUT2D eigenvalue weighted by Crippen LogP contribution is 2.24. The molecule has 1 aromatic rings. The van der Waals surface area contributed by atoms with E-state index in [-0.39, 0.29) is 12.0 Å². The Balaban J connectivity index is 1.89. The van der Waals surface area contributed by atoms with Crippen LogP contribution in [0.5, 0.6) is 0 Å². The lowest BCUT2D eigenvalue weighted by Crippen LogP contribution is -2.47. The van der Waals surface area contributed by atoms with E-state index in [1.807, 2.05) is 6.20 Å². The molecule has 4 heteroatoms. The third-order valence-electron chi connectivity index (χ3n) is 2.94. The van der Waals surface area contributed by atoms with Crippen LogP contribution < -0.4 is 0 Å². The Labute approximate surface area is 96.3 Å². The number of oxazole rings is 1. The summed E-state index contributed by atoms with van der Waals surface area (Å²) in [5.74, 6) is 2.15. The smallest absolute Gasteiger partial charge is 0.208 e. The van der Waals surface area contributed by atoms with Gasteiger partial charge in [0, 0.05) is 31.0 Å². The van der Waals surface area contributed by atoms with Gasteiger partial charge in [0.2, 0.25) is 5.89 Å². The monoisotopic (exact) mass is 224 g/mol. The molecule has 2 heterocycles. The summed E-state index contributed by atoms with van der Waals surface area (Å²) in [6.45, 7) is 9.28. The van der Waals surface area contributed by atoms with Crippen molar-refractivity contribution in [2.24, 2.45) is 5.92 Å². The Bertz CT molecular complexity index is 348. The quantitative estimate of drug-likeness (QED) is 0.843. The molecule has 0 radical (unpaired) electrons.